The van der Waals surface area contributed by atoms with E-state index in [4.69, 9.17) is 5.73 Å². The lowest BCUT2D eigenvalue weighted by atomic mass is 10.1. The van der Waals surface area contributed by atoms with Crippen LogP contribution in [0.4, 0.5) is 11.4 Å². The Labute approximate surface area is 113 Å². The highest BCUT2D eigenvalue weighted by Crippen LogP contribution is 2.20. The van der Waals surface area contributed by atoms with Crippen LogP contribution < -0.4 is 11.1 Å². The fourth-order valence-corrected chi connectivity index (χ4v) is 1.96. The molecule has 0 saturated carbocycles. The largest absolute Gasteiger partial charge is 0.398 e. The number of nitrogens with one attached hydrogen (secondary N) is 1. The Balaban J connectivity index is 2.10. The van der Waals surface area contributed by atoms with Gasteiger partial charge in [-0.3, -0.25) is 4.79 Å². The fraction of sp³-hybridized carbons (Fsp3) is 0.188. The van der Waals surface area contributed by atoms with Crippen LogP contribution in [-0.4, -0.2) is 5.91 Å². The molecule has 0 atom stereocenters. The van der Waals surface area contributed by atoms with Crippen molar-refractivity contribution in [1.29, 1.82) is 0 Å². The maximum atomic E-state index is 12.0. The monoisotopic (exact) mass is 254 g/mol. The molecule has 0 aliphatic heterocycles. The number of benzene rings is 2. The third kappa shape index (κ3) is 3.13. The van der Waals surface area contributed by atoms with E-state index in [1.165, 1.54) is 0 Å². The minimum absolute atomic E-state index is 0.0250. The minimum atomic E-state index is -0.0250. The second-order valence-corrected chi connectivity index (χ2v) is 4.67. The molecule has 19 heavy (non-hydrogen) atoms. The zero-order valence-electron chi connectivity index (χ0n) is 11.2. The maximum absolute atomic E-state index is 12.0. The van der Waals surface area contributed by atoms with Crippen molar-refractivity contribution in [2.24, 2.45) is 0 Å². The predicted molar refractivity (Wildman–Crippen MR) is 79.1 cm³/mol. The molecule has 0 aromatic heterocycles. The van der Waals surface area contributed by atoms with Crippen LogP contribution in [0.25, 0.3) is 0 Å². The van der Waals surface area contributed by atoms with Gasteiger partial charge in [0.25, 0.3) is 0 Å². The van der Waals surface area contributed by atoms with Crippen molar-refractivity contribution < 1.29 is 4.79 Å². The van der Waals surface area contributed by atoms with Crippen molar-refractivity contribution in [2.45, 2.75) is 20.3 Å². The highest BCUT2D eigenvalue weighted by Gasteiger charge is 2.08. The highest BCUT2D eigenvalue weighted by atomic mass is 16.1. The predicted octanol–water partition coefficient (Wildman–Crippen LogP) is 3.07. The molecule has 0 fully saturated rings. The third-order valence-electron chi connectivity index (χ3n) is 3.26. The highest BCUT2D eigenvalue weighted by molar-refractivity contribution is 5.93. The van der Waals surface area contributed by atoms with E-state index in [-0.39, 0.29) is 5.91 Å². The van der Waals surface area contributed by atoms with Gasteiger partial charge in [-0.15, -0.1) is 0 Å². The van der Waals surface area contributed by atoms with Crippen molar-refractivity contribution in [2.75, 3.05) is 11.1 Å². The number of nitrogen functional groups attached to an aromatic ring is 1. The lowest BCUT2D eigenvalue weighted by Crippen LogP contribution is -2.16. The molecular weight excluding hydrogens is 236 g/mol. The summed E-state index contributed by atoms with van der Waals surface area (Å²) < 4.78 is 0. The molecule has 0 unspecified atom stereocenters. The van der Waals surface area contributed by atoms with Gasteiger partial charge in [0.05, 0.1) is 6.42 Å². The Hall–Kier alpha value is -2.29. The van der Waals surface area contributed by atoms with Crippen molar-refractivity contribution in [3.8, 4) is 0 Å². The van der Waals surface area contributed by atoms with Gasteiger partial charge in [0, 0.05) is 11.4 Å². The van der Waals surface area contributed by atoms with Gasteiger partial charge in [0.1, 0.15) is 0 Å². The molecule has 0 heterocycles. The van der Waals surface area contributed by atoms with Crippen molar-refractivity contribution in [1.82, 2.24) is 0 Å². The average molecular weight is 254 g/mol. The van der Waals surface area contributed by atoms with Gasteiger partial charge in [-0.05, 0) is 42.7 Å². The van der Waals surface area contributed by atoms with E-state index in [0.717, 1.165) is 22.4 Å². The fourth-order valence-electron chi connectivity index (χ4n) is 1.96. The van der Waals surface area contributed by atoms with Crippen LogP contribution in [0.1, 0.15) is 16.7 Å². The van der Waals surface area contributed by atoms with E-state index in [9.17, 15) is 4.79 Å². The maximum Gasteiger partial charge on any atom is 0.228 e. The van der Waals surface area contributed by atoms with E-state index in [1.54, 1.807) is 0 Å². The summed E-state index contributed by atoms with van der Waals surface area (Å²) in [5, 5.41) is 2.91. The topological polar surface area (TPSA) is 55.1 Å². The molecule has 0 radical (unpaired) electrons. The van der Waals surface area contributed by atoms with Crippen LogP contribution in [-0.2, 0) is 11.2 Å². The summed E-state index contributed by atoms with van der Waals surface area (Å²) in [6.07, 6.45) is 0.376. The summed E-state index contributed by atoms with van der Waals surface area (Å²) >= 11 is 0. The number of hydrogen-bond acceptors (Lipinski definition) is 2. The molecule has 0 aliphatic carbocycles. The van der Waals surface area contributed by atoms with Gasteiger partial charge >= 0.3 is 0 Å². The quantitative estimate of drug-likeness (QED) is 0.827. The lowest BCUT2D eigenvalue weighted by Gasteiger charge is -2.11. The molecule has 0 saturated heterocycles. The van der Waals surface area contributed by atoms with Crippen LogP contribution in [0, 0.1) is 13.8 Å². The molecule has 0 spiro atoms. The first-order valence-corrected chi connectivity index (χ1v) is 6.27. The Bertz CT molecular complexity index is 605. The molecule has 3 nitrogen and oxygen atoms in total. The minimum Gasteiger partial charge on any atom is -0.398 e. The molecule has 0 bridgehead atoms. The van der Waals surface area contributed by atoms with Crippen LogP contribution in [0.15, 0.2) is 42.5 Å². The molecular formula is C16H18N2O. The van der Waals surface area contributed by atoms with E-state index in [1.807, 2.05) is 56.3 Å². The average Bonchev–Trinajstić information content (AvgIpc) is 2.38. The third-order valence-corrected chi connectivity index (χ3v) is 3.26. The SMILES string of the molecule is Cc1ccccc1CC(=O)Nc1cccc(N)c1C. The van der Waals surface area contributed by atoms with Gasteiger partial charge in [-0.2, -0.15) is 0 Å². The second-order valence-electron chi connectivity index (χ2n) is 4.67. The van der Waals surface area contributed by atoms with E-state index in [2.05, 4.69) is 5.32 Å². The van der Waals surface area contributed by atoms with Gasteiger partial charge in [0.15, 0.2) is 0 Å². The number of nitrogens with two attached hydrogens (primary N) is 1. The summed E-state index contributed by atoms with van der Waals surface area (Å²) in [6, 6.07) is 13.4. The van der Waals surface area contributed by atoms with Gasteiger partial charge in [0.2, 0.25) is 5.91 Å². The number of aryl methyl sites for hydroxylation is 1. The standard InChI is InChI=1S/C16H18N2O/c1-11-6-3-4-7-13(11)10-16(19)18-15-9-5-8-14(17)12(15)2/h3-9H,10,17H2,1-2H3,(H,18,19). The van der Waals surface area contributed by atoms with Crippen LogP contribution in [0.5, 0.6) is 0 Å². The lowest BCUT2D eigenvalue weighted by molar-refractivity contribution is -0.115. The van der Waals surface area contributed by atoms with E-state index < -0.39 is 0 Å². The zero-order chi connectivity index (χ0) is 13.8. The Morgan fingerprint density at radius 1 is 1.11 bits per heavy atom. The van der Waals surface area contributed by atoms with Gasteiger partial charge < -0.3 is 11.1 Å². The van der Waals surface area contributed by atoms with Crippen LogP contribution in [0.3, 0.4) is 0 Å². The Morgan fingerprint density at radius 3 is 2.58 bits per heavy atom. The van der Waals surface area contributed by atoms with Crippen molar-refractivity contribution >= 4 is 17.3 Å². The smallest absolute Gasteiger partial charge is 0.228 e. The van der Waals surface area contributed by atoms with Gasteiger partial charge in [-0.1, -0.05) is 30.3 Å². The summed E-state index contributed by atoms with van der Waals surface area (Å²) in [5.41, 5.74) is 10.4. The second kappa shape index (κ2) is 5.57. The van der Waals surface area contributed by atoms with Gasteiger partial charge in [-0.25, -0.2) is 0 Å². The Morgan fingerprint density at radius 2 is 1.84 bits per heavy atom. The molecule has 2 aromatic rings. The molecule has 3 N–H and O–H groups in total. The first-order chi connectivity index (χ1) is 9.08. The summed E-state index contributed by atoms with van der Waals surface area (Å²) in [6.45, 7) is 3.91. The van der Waals surface area contributed by atoms with E-state index in [0.29, 0.717) is 12.1 Å². The Kier molecular flexibility index (Phi) is 3.85. The molecule has 3 heteroatoms. The number of amides is 1. The summed E-state index contributed by atoms with van der Waals surface area (Å²) in [5.74, 6) is -0.0250. The molecule has 2 rings (SSSR count). The van der Waals surface area contributed by atoms with E-state index >= 15 is 0 Å². The first kappa shape index (κ1) is 13.1. The normalized spacial score (nSPS) is 10.2. The number of rotatable bonds is 3. The molecule has 1 amide bonds. The van der Waals surface area contributed by atoms with Crippen molar-refractivity contribution in [3.05, 3.63) is 59.2 Å². The molecule has 0 aliphatic rings. The number of carbonyl (C=O) groups is 1. The first-order valence-electron chi connectivity index (χ1n) is 6.27. The number of hydrogen-bond donors (Lipinski definition) is 2. The van der Waals surface area contributed by atoms with Crippen molar-refractivity contribution in [3.63, 3.8) is 0 Å². The van der Waals surface area contributed by atoms with Crippen LogP contribution in [0.2, 0.25) is 0 Å². The zero-order valence-corrected chi connectivity index (χ0v) is 11.2. The van der Waals surface area contributed by atoms with Crippen LogP contribution >= 0.6 is 0 Å². The number of anilines is 2. The molecule has 2 aromatic carbocycles. The summed E-state index contributed by atoms with van der Waals surface area (Å²) in [4.78, 5) is 12.0. The molecule has 98 valence electrons. The summed E-state index contributed by atoms with van der Waals surface area (Å²) in [7, 11) is 0. The number of carbonyl (C=O) groups excluding carboxylic acids is 1.